The molecular formula is C17H27NO6S. The SMILES string of the molecule is CC(C)OCCCC(=O)Nc1ccc(OCCCOS(C)(=O)=O)cc1. The summed E-state index contributed by atoms with van der Waals surface area (Å²) in [4.78, 5) is 11.8. The lowest BCUT2D eigenvalue weighted by Crippen LogP contribution is -2.13. The lowest BCUT2D eigenvalue weighted by molar-refractivity contribution is -0.116. The van der Waals surface area contributed by atoms with E-state index in [4.69, 9.17) is 9.47 Å². The summed E-state index contributed by atoms with van der Waals surface area (Å²) in [6.07, 6.45) is 2.74. The summed E-state index contributed by atoms with van der Waals surface area (Å²) < 4.78 is 37.1. The molecule has 1 aromatic rings. The van der Waals surface area contributed by atoms with E-state index in [2.05, 4.69) is 9.50 Å². The van der Waals surface area contributed by atoms with Gasteiger partial charge in [-0.3, -0.25) is 8.98 Å². The van der Waals surface area contributed by atoms with Crippen molar-refractivity contribution in [2.75, 3.05) is 31.4 Å². The molecule has 0 atom stereocenters. The van der Waals surface area contributed by atoms with Crippen LogP contribution in [0, 0.1) is 0 Å². The fourth-order valence-electron chi connectivity index (χ4n) is 1.87. The van der Waals surface area contributed by atoms with Gasteiger partial charge in [-0.1, -0.05) is 0 Å². The van der Waals surface area contributed by atoms with Gasteiger partial charge in [0.15, 0.2) is 0 Å². The monoisotopic (exact) mass is 373 g/mol. The third kappa shape index (κ3) is 11.5. The van der Waals surface area contributed by atoms with E-state index in [0.29, 0.717) is 43.9 Å². The van der Waals surface area contributed by atoms with E-state index in [1.54, 1.807) is 24.3 Å². The maximum Gasteiger partial charge on any atom is 0.264 e. The molecule has 8 heteroatoms. The number of rotatable bonds is 12. The Morgan fingerprint density at radius 1 is 1.08 bits per heavy atom. The normalized spacial score (nSPS) is 11.5. The standard InChI is InChI=1S/C17H27NO6S/c1-14(2)22-11-4-6-17(19)18-15-7-9-16(10-8-15)23-12-5-13-24-25(3,20)21/h7-10,14H,4-6,11-13H2,1-3H3,(H,18,19). The van der Waals surface area contributed by atoms with Crippen molar-refractivity contribution in [3.8, 4) is 5.75 Å². The highest BCUT2D eigenvalue weighted by molar-refractivity contribution is 7.85. The van der Waals surface area contributed by atoms with Crippen LogP contribution >= 0.6 is 0 Å². The van der Waals surface area contributed by atoms with Gasteiger partial charge >= 0.3 is 0 Å². The summed E-state index contributed by atoms with van der Waals surface area (Å²) in [5.74, 6) is 0.585. The molecule has 0 bridgehead atoms. The molecule has 25 heavy (non-hydrogen) atoms. The van der Waals surface area contributed by atoms with Crippen LogP contribution in [-0.2, 0) is 23.8 Å². The number of anilines is 1. The Labute approximate surface area is 149 Å². The maximum absolute atomic E-state index is 11.8. The summed E-state index contributed by atoms with van der Waals surface area (Å²) in [7, 11) is -3.40. The van der Waals surface area contributed by atoms with Crippen LogP contribution in [0.2, 0.25) is 0 Å². The minimum absolute atomic E-state index is 0.0565. The summed E-state index contributed by atoms with van der Waals surface area (Å²) in [5, 5.41) is 2.81. The van der Waals surface area contributed by atoms with E-state index in [-0.39, 0.29) is 18.6 Å². The zero-order valence-electron chi connectivity index (χ0n) is 15.0. The number of benzene rings is 1. The second-order valence-electron chi connectivity index (χ2n) is 5.82. The lowest BCUT2D eigenvalue weighted by Gasteiger charge is -2.09. The number of hydrogen-bond donors (Lipinski definition) is 1. The zero-order valence-corrected chi connectivity index (χ0v) is 15.8. The van der Waals surface area contributed by atoms with Crippen molar-refractivity contribution in [1.82, 2.24) is 0 Å². The molecule has 0 spiro atoms. The van der Waals surface area contributed by atoms with Crippen LogP contribution < -0.4 is 10.1 Å². The number of nitrogens with one attached hydrogen (secondary N) is 1. The molecule has 0 heterocycles. The largest absolute Gasteiger partial charge is 0.494 e. The van der Waals surface area contributed by atoms with E-state index < -0.39 is 10.1 Å². The van der Waals surface area contributed by atoms with Gasteiger partial charge < -0.3 is 14.8 Å². The molecule has 0 fully saturated rings. The average molecular weight is 373 g/mol. The Bertz CT molecular complexity index is 613. The minimum Gasteiger partial charge on any atom is -0.494 e. The highest BCUT2D eigenvalue weighted by Crippen LogP contribution is 2.16. The quantitative estimate of drug-likeness (QED) is 0.447. The van der Waals surface area contributed by atoms with E-state index in [0.717, 1.165) is 6.26 Å². The molecule has 0 aliphatic rings. The van der Waals surface area contributed by atoms with Crippen molar-refractivity contribution in [2.24, 2.45) is 0 Å². The van der Waals surface area contributed by atoms with E-state index in [1.165, 1.54) is 0 Å². The summed E-state index contributed by atoms with van der Waals surface area (Å²) >= 11 is 0. The van der Waals surface area contributed by atoms with Gasteiger partial charge in [0.2, 0.25) is 5.91 Å². The van der Waals surface area contributed by atoms with Gasteiger partial charge in [0.25, 0.3) is 10.1 Å². The number of hydrogen-bond acceptors (Lipinski definition) is 6. The number of ether oxygens (including phenoxy) is 2. The minimum atomic E-state index is -3.40. The fraction of sp³-hybridized carbons (Fsp3) is 0.588. The third-order valence-electron chi connectivity index (χ3n) is 2.99. The number of carbonyl (C=O) groups is 1. The van der Waals surface area contributed by atoms with Gasteiger partial charge in [-0.15, -0.1) is 0 Å². The van der Waals surface area contributed by atoms with Gasteiger partial charge in [0.1, 0.15) is 5.75 Å². The molecule has 0 aliphatic carbocycles. The Morgan fingerprint density at radius 2 is 1.76 bits per heavy atom. The van der Waals surface area contributed by atoms with Crippen LogP contribution in [0.5, 0.6) is 5.75 Å². The predicted molar refractivity (Wildman–Crippen MR) is 96.3 cm³/mol. The van der Waals surface area contributed by atoms with Gasteiger partial charge in [0, 0.05) is 25.1 Å². The molecule has 0 aromatic heterocycles. The zero-order chi connectivity index (χ0) is 18.7. The highest BCUT2D eigenvalue weighted by Gasteiger charge is 2.04. The van der Waals surface area contributed by atoms with Crippen molar-refractivity contribution < 1.29 is 26.9 Å². The van der Waals surface area contributed by atoms with Crippen molar-refractivity contribution in [3.63, 3.8) is 0 Å². The van der Waals surface area contributed by atoms with E-state index in [1.807, 2.05) is 13.8 Å². The Balaban J connectivity index is 2.23. The molecular weight excluding hydrogens is 346 g/mol. The van der Waals surface area contributed by atoms with Gasteiger partial charge in [0.05, 0.1) is 25.6 Å². The highest BCUT2D eigenvalue weighted by atomic mass is 32.2. The molecule has 7 nitrogen and oxygen atoms in total. The molecule has 1 N–H and O–H groups in total. The Hall–Kier alpha value is -1.64. The van der Waals surface area contributed by atoms with Gasteiger partial charge in [-0.05, 0) is 44.5 Å². The van der Waals surface area contributed by atoms with Gasteiger partial charge in [-0.2, -0.15) is 8.42 Å². The first-order valence-electron chi connectivity index (χ1n) is 8.25. The second kappa shape index (κ2) is 11.1. The number of amides is 1. The average Bonchev–Trinajstić information content (AvgIpc) is 2.51. The maximum atomic E-state index is 11.8. The molecule has 0 saturated carbocycles. The number of carbonyl (C=O) groups excluding carboxylic acids is 1. The molecule has 1 aromatic carbocycles. The van der Waals surface area contributed by atoms with Crippen LogP contribution in [0.4, 0.5) is 5.69 Å². The first-order valence-corrected chi connectivity index (χ1v) is 10.1. The van der Waals surface area contributed by atoms with Crippen molar-refractivity contribution in [2.45, 2.75) is 39.2 Å². The Kier molecular flexibility index (Phi) is 9.48. The topological polar surface area (TPSA) is 90.9 Å². The van der Waals surface area contributed by atoms with Crippen LogP contribution in [0.25, 0.3) is 0 Å². The van der Waals surface area contributed by atoms with Crippen LogP contribution in [0.15, 0.2) is 24.3 Å². The van der Waals surface area contributed by atoms with Crippen molar-refractivity contribution in [1.29, 1.82) is 0 Å². The fourth-order valence-corrected chi connectivity index (χ4v) is 2.29. The van der Waals surface area contributed by atoms with Crippen molar-refractivity contribution in [3.05, 3.63) is 24.3 Å². The molecule has 0 aliphatic heterocycles. The first kappa shape index (κ1) is 21.4. The smallest absolute Gasteiger partial charge is 0.264 e. The molecule has 0 unspecified atom stereocenters. The first-order chi connectivity index (χ1) is 11.8. The van der Waals surface area contributed by atoms with Gasteiger partial charge in [-0.25, -0.2) is 0 Å². The Morgan fingerprint density at radius 3 is 2.36 bits per heavy atom. The summed E-state index contributed by atoms with van der Waals surface area (Å²) in [6.45, 7) is 4.93. The second-order valence-corrected chi connectivity index (χ2v) is 7.47. The van der Waals surface area contributed by atoms with Crippen LogP contribution in [0.1, 0.15) is 33.1 Å². The molecule has 0 saturated heterocycles. The molecule has 142 valence electrons. The summed E-state index contributed by atoms with van der Waals surface area (Å²) in [5.41, 5.74) is 0.697. The van der Waals surface area contributed by atoms with E-state index in [9.17, 15) is 13.2 Å². The molecule has 1 rings (SSSR count). The van der Waals surface area contributed by atoms with Crippen molar-refractivity contribution >= 4 is 21.7 Å². The predicted octanol–water partition coefficient (Wildman–Crippen LogP) is 2.58. The molecule has 1 amide bonds. The van der Waals surface area contributed by atoms with E-state index >= 15 is 0 Å². The third-order valence-corrected chi connectivity index (χ3v) is 3.59. The lowest BCUT2D eigenvalue weighted by atomic mass is 10.2. The summed E-state index contributed by atoms with van der Waals surface area (Å²) in [6, 6.07) is 7.00. The van der Waals surface area contributed by atoms with Crippen LogP contribution in [0.3, 0.4) is 0 Å². The van der Waals surface area contributed by atoms with Crippen LogP contribution in [-0.4, -0.2) is 46.5 Å². The molecule has 0 radical (unpaired) electrons.